The van der Waals surface area contributed by atoms with E-state index in [0.717, 1.165) is 31.1 Å². The van der Waals surface area contributed by atoms with Gasteiger partial charge in [-0.05, 0) is 25.0 Å². The third-order valence-corrected chi connectivity index (χ3v) is 3.23. The quantitative estimate of drug-likeness (QED) is 0.574. The van der Waals surface area contributed by atoms with E-state index in [1.165, 1.54) is 7.11 Å². The Kier molecular flexibility index (Phi) is 6.72. The lowest BCUT2D eigenvalue weighted by molar-refractivity contribution is 0.0788. The summed E-state index contributed by atoms with van der Waals surface area (Å²) in [5.41, 5.74) is 0.517. The molecule has 0 aliphatic carbocycles. The van der Waals surface area contributed by atoms with Crippen LogP contribution in [-0.2, 0) is 0 Å². The van der Waals surface area contributed by atoms with Crippen LogP contribution in [0.4, 0.5) is 0 Å². The Bertz CT molecular complexity index is 385. The highest BCUT2D eigenvalue weighted by atomic mass is 79.9. The lowest BCUT2D eigenvalue weighted by Crippen LogP contribution is -2.28. The summed E-state index contributed by atoms with van der Waals surface area (Å²) in [7, 11) is 3.33. The average Bonchev–Trinajstić information content (AvgIpc) is 2.42. The molecule has 0 fully saturated rings. The van der Waals surface area contributed by atoms with Crippen molar-refractivity contribution in [3.05, 3.63) is 23.9 Å². The van der Waals surface area contributed by atoms with E-state index in [-0.39, 0.29) is 5.91 Å². The number of hydrogen-bond donors (Lipinski definition) is 0. The van der Waals surface area contributed by atoms with Crippen molar-refractivity contribution in [1.82, 2.24) is 9.88 Å². The van der Waals surface area contributed by atoms with E-state index < -0.39 is 0 Å². The lowest BCUT2D eigenvalue weighted by atomic mass is 10.2. The highest BCUT2D eigenvalue weighted by Crippen LogP contribution is 2.15. The summed E-state index contributed by atoms with van der Waals surface area (Å²) in [6.07, 6.45) is 4.88. The van der Waals surface area contributed by atoms with Gasteiger partial charge in [-0.2, -0.15) is 0 Å². The molecule has 0 aromatic carbocycles. The number of nitrogens with zero attached hydrogens (tertiary/aromatic N) is 2. The SMILES string of the molecule is COc1ncccc1C(=O)N(C)CCCCCBr. The molecule has 0 saturated heterocycles. The Morgan fingerprint density at radius 1 is 1.44 bits per heavy atom. The molecule has 1 aromatic heterocycles. The zero-order valence-electron chi connectivity index (χ0n) is 10.9. The Balaban J connectivity index is 2.57. The molecule has 5 heteroatoms. The van der Waals surface area contributed by atoms with Gasteiger partial charge in [-0.1, -0.05) is 22.4 Å². The van der Waals surface area contributed by atoms with Gasteiger partial charge in [0.25, 0.3) is 5.91 Å². The van der Waals surface area contributed by atoms with Crippen LogP contribution in [-0.4, -0.2) is 41.8 Å². The number of carbonyl (C=O) groups is 1. The Labute approximate surface area is 116 Å². The number of ether oxygens (including phenoxy) is 1. The Morgan fingerprint density at radius 2 is 2.22 bits per heavy atom. The molecule has 4 nitrogen and oxygen atoms in total. The minimum atomic E-state index is -0.0428. The van der Waals surface area contributed by atoms with Crippen LogP contribution in [0.1, 0.15) is 29.6 Å². The molecular formula is C13H19BrN2O2. The molecule has 18 heavy (non-hydrogen) atoms. The van der Waals surface area contributed by atoms with Gasteiger partial charge in [0.1, 0.15) is 5.56 Å². The second-order valence-electron chi connectivity index (χ2n) is 4.04. The molecule has 0 unspecified atom stereocenters. The third-order valence-electron chi connectivity index (χ3n) is 2.67. The summed E-state index contributed by atoms with van der Waals surface area (Å²) < 4.78 is 5.09. The first-order valence-corrected chi connectivity index (χ1v) is 7.13. The van der Waals surface area contributed by atoms with Crippen LogP contribution < -0.4 is 4.74 Å². The third kappa shape index (κ3) is 4.29. The number of rotatable bonds is 7. The van der Waals surface area contributed by atoms with Gasteiger partial charge in [-0.25, -0.2) is 4.98 Å². The van der Waals surface area contributed by atoms with Crippen LogP contribution in [0.15, 0.2) is 18.3 Å². The van der Waals surface area contributed by atoms with Crippen LogP contribution in [0.2, 0.25) is 0 Å². The van der Waals surface area contributed by atoms with Gasteiger partial charge in [-0.15, -0.1) is 0 Å². The first-order chi connectivity index (χ1) is 8.70. The monoisotopic (exact) mass is 314 g/mol. The number of carbonyl (C=O) groups excluding carboxylic acids is 1. The fourth-order valence-electron chi connectivity index (χ4n) is 1.64. The van der Waals surface area contributed by atoms with Gasteiger partial charge in [0.05, 0.1) is 7.11 Å². The van der Waals surface area contributed by atoms with Crippen LogP contribution in [0.25, 0.3) is 0 Å². The molecule has 1 amide bonds. The standard InChI is InChI=1S/C13H19BrN2O2/c1-16(10-5-3-4-8-14)13(17)11-7-6-9-15-12(11)18-2/h6-7,9H,3-5,8,10H2,1-2H3. The fourth-order valence-corrected chi connectivity index (χ4v) is 2.04. The fraction of sp³-hybridized carbons (Fsp3) is 0.538. The molecule has 1 heterocycles. The molecule has 0 saturated carbocycles. The number of methoxy groups -OCH3 is 1. The Hall–Kier alpha value is -1.10. The smallest absolute Gasteiger partial charge is 0.259 e. The van der Waals surface area contributed by atoms with Crippen molar-refractivity contribution in [2.24, 2.45) is 0 Å². The largest absolute Gasteiger partial charge is 0.480 e. The van der Waals surface area contributed by atoms with Crippen molar-refractivity contribution in [2.75, 3.05) is 26.0 Å². The molecule has 0 aliphatic heterocycles. The minimum absolute atomic E-state index is 0.0428. The first-order valence-electron chi connectivity index (χ1n) is 6.01. The van der Waals surface area contributed by atoms with Crippen molar-refractivity contribution in [3.63, 3.8) is 0 Å². The van der Waals surface area contributed by atoms with Crippen molar-refractivity contribution < 1.29 is 9.53 Å². The van der Waals surface area contributed by atoms with E-state index in [2.05, 4.69) is 20.9 Å². The molecule has 1 aromatic rings. The molecule has 0 atom stereocenters. The second kappa shape index (κ2) is 8.08. The van der Waals surface area contributed by atoms with Crippen molar-refractivity contribution in [3.8, 4) is 5.88 Å². The molecule has 0 aliphatic rings. The summed E-state index contributed by atoms with van der Waals surface area (Å²) in [6.45, 7) is 0.754. The maximum absolute atomic E-state index is 12.2. The molecular weight excluding hydrogens is 296 g/mol. The summed E-state index contributed by atoms with van der Waals surface area (Å²) in [5, 5.41) is 1.01. The zero-order valence-corrected chi connectivity index (χ0v) is 12.4. The summed E-state index contributed by atoms with van der Waals surface area (Å²) in [4.78, 5) is 17.9. The maximum atomic E-state index is 12.2. The number of halogens is 1. The highest BCUT2D eigenvalue weighted by Gasteiger charge is 2.16. The van der Waals surface area contributed by atoms with Gasteiger partial charge >= 0.3 is 0 Å². The molecule has 1 rings (SSSR count). The van der Waals surface area contributed by atoms with Crippen molar-refractivity contribution in [2.45, 2.75) is 19.3 Å². The highest BCUT2D eigenvalue weighted by molar-refractivity contribution is 9.09. The van der Waals surface area contributed by atoms with Crippen LogP contribution in [0.5, 0.6) is 5.88 Å². The Morgan fingerprint density at radius 3 is 2.89 bits per heavy atom. The van der Waals surface area contributed by atoms with Crippen LogP contribution in [0, 0.1) is 0 Å². The van der Waals surface area contributed by atoms with E-state index in [1.54, 1.807) is 23.2 Å². The second-order valence-corrected chi connectivity index (χ2v) is 4.83. The number of alkyl halides is 1. The number of aromatic nitrogens is 1. The molecule has 0 radical (unpaired) electrons. The van der Waals surface area contributed by atoms with E-state index in [4.69, 9.17) is 4.74 Å². The first kappa shape index (κ1) is 15.0. The van der Waals surface area contributed by atoms with Crippen molar-refractivity contribution >= 4 is 21.8 Å². The predicted octanol–water partition coefficient (Wildman–Crippen LogP) is 2.73. The van der Waals surface area contributed by atoms with Crippen LogP contribution >= 0.6 is 15.9 Å². The number of hydrogen-bond acceptors (Lipinski definition) is 3. The molecule has 0 N–H and O–H groups in total. The van der Waals surface area contributed by atoms with Gasteiger partial charge in [0.15, 0.2) is 0 Å². The van der Waals surface area contributed by atoms with E-state index >= 15 is 0 Å². The molecule has 0 spiro atoms. The van der Waals surface area contributed by atoms with Gasteiger partial charge in [0, 0.05) is 25.1 Å². The number of amides is 1. The summed E-state index contributed by atoms with van der Waals surface area (Å²) in [6, 6.07) is 3.48. The molecule has 0 bridgehead atoms. The van der Waals surface area contributed by atoms with E-state index in [9.17, 15) is 4.79 Å². The minimum Gasteiger partial charge on any atom is -0.480 e. The van der Waals surface area contributed by atoms with Gasteiger partial charge in [-0.3, -0.25) is 4.79 Å². The van der Waals surface area contributed by atoms with Crippen LogP contribution in [0.3, 0.4) is 0 Å². The van der Waals surface area contributed by atoms with Crippen molar-refractivity contribution in [1.29, 1.82) is 0 Å². The zero-order chi connectivity index (χ0) is 13.4. The maximum Gasteiger partial charge on any atom is 0.259 e. The summed E-state index contributed by atoms with van der Waals surface area (Å²) in [5.74, 6) is 0.341. The normalized spacial score (nSPS) is 10.2. The van der Waals surface area contributed by atoms with E-state index in [0.29, 0.717) is 11.4 Å². The lowest BCUT2D eigenvalue weighted by Gasteiger charge is -2.17. The topological polar surface area (TPSA) is 42.4 Å². The van der Waals surface area contributed by atoms with Gasteiger partial charge in [0.2, 0.25) is 5.88 Å². The number of pyridine rings is 1. The van der Waals surface area contributed by atoms with Gasteiger partial charge < -0.3 is 9.64 Å². The average molecular weight is 315 g/mol. The molecule has 100 valence electrons. The number of unbranched alkanes of at least 4 members (excludes halogenated alkanes) is 2. The van der Waals surface area contributed by atoms with E-state index in [1.807, 2.05) is 7.05 Å². The predicted molar refractivity (Wildman–Crippen MR) is 75.4 cm³/mol. The summed E-state index contributed by atoms with van der Waals surface area (Å²) >= 11 is 3.40.